The molecule has 0 radical (unpaired) electrons. The standard InChI is InChI=1S/C27H26N6O4S/c1-14-3-4-16(7-19(14)28)11-30-22(34)9-18-13-38-27-24(18)26(36)32-25(33-27)15(2)29-10-17-5-6-21-20(8-17)31-23(35)12-37-21/h3-8,13,29H,2,9-12,28H2,1H3,(H,30,34)(H,31,35)(H,32,33,36). The number of aryl methyl sites for hydroxylation is 1. The van der Waals surface area contributed by atoms with Crippen molar-refractivity contribution in [2.45, 2.75) is 26.4 Å². The first-order chi connectivity index (χ1) is 18.3. The molecular weight excluding hydrogens is 504 g/mol. The Hall–Kier alpha value is -4.64. The number of amides is 2. The molecule has 0 atom stereocenters. The maximum Gasteiger partial charge on any atom is 0.262 e. The summed E-state index contributed by atoms with van der Waals surface area (Å²) in [6.45, 7) is 6.67. The van der Waals surface area contributed by atoms with Crippen molar-refractivity contribution in [3.05, 3.63) is 86.8 Å². The smallest absolute Gasteiger partial charge is 0.262 e. The van der Waals surface area contributed by atoms with Crippen LogP contribution in [-0.4, -0.2) is 28.4 Å². The molecule has 6 N–H and O–H groups in total. The molecule has 4 aromatic rings. The van der Waals surface area contributed by atoms with Gasteiger partial charge in [-0.25, -0.2) is 4.98 Å². The van der Waals surface area contributed by atoms with Crippen LogP contribution in [0, 0.1) is 6.92 Å². The molecule has 0 saturated heterocycles. The molecule has 194 valence electrons. The van der Waals surface area contributed by atoms with Crippen LogP contribution in [0.2, 0.25) is 0 Å². The number of aromatic nitrogens is 2. The van der Waals surface area contributed by atoms with Crippen LogP contribution < -0.4 is 32.0 Å². The number of fused-ring (bicyclic) bond motifs is 2. The van der Waals surface area contributed by atoms with E-state index in [1.165, 1.54) is 11.3 Å². The van der Waals surface area contributed by atoms with Gasteiger partial charge in [0, 0.05) is 18.8 Å². The average molecular weight is 531 g/mol. The summed E-state index contributed by atoms with van der Waals surface area (Å²) in [6, 6.07) is 11.2. The maximum absolute atomic E-state index is 12.9. The number of aromatic amines is 1. The Morgan fingerprint density at radius 1 is 1.16 bits per heavy atom. The van der Waals surface area contributed by atoms with Crippen LogP contribution in [0.5, 0.6) is 5.75 Å². The summed E-state index contributed by atoms with van der Waals surface area (Å²) in [7, 11) is 0. The van der Waals surface area contributed by atoms with Gasteiger partial charge in [0.05, 0.1) is 23.2 Å². The second-order valence-electron chi connectivity index (χ2n) is 9.00. The number of nitrogen functional groups attached to an aromatic ring is 1. The van der Waals surface area contributed by atoms with Crippen LogP contribution in [-0.2, 0) is 29.1 Å². The molecule has 1 aliphatic rings. The zero-order chi connectivity index (χ0) is 26.8. The number of benzene rings is 2. The number of carbonyl (C=O) groups is 2. The highest BCUT2D eigenvalue weighted by atomic mass is 32.1. The zero-order valence-electron chi connectivity index (χ0n) is 20.6. The van der Waals surface area contributed by atoms with Crippen LogP contribution in [0.3, 0.4) is 0 Å². The first-order valence-electron chi connectivity index (χ1n) is 11.9. The fourth-order valence-electron chi connectivity index (χ4n) is 4.05. The third-order valence-corrected chi connectivity index (χ3v) is 7.09. The molecule has 1 aliphatic heterocycles. The van der Waals surface area contributed by atoms with Crippen molar-refractivity contribution in [3.8, 4) is 5.75 Å². The normalized spacial score (nSPS) is 12.4. The molecule has 0 bridgehead atoms. The number of thiophene rings is 1. The van der Waals surface area contributed by atoms with E-state index in [2.05, 4.69) is 32.5 Å². The number of hydrogen-bond donors (Lipinski definition) is 5. The lowest BCUT2D eigenvalue weighted by atomic mass is 10.1. The molecule has 10 nitrogen and oxygen atoms in total. The Morgan fingerprint density at radius 3 is 2.74 bits per heavy atom. The van der Waals surface area contributed by atoms with Gasteiger partial charge in [-0.05, 0) is 52.8 Å². The van der Waals surface area contributed by atoms with Gasteiger partial charge < -0.3 is 31.4 Å². The van der Waals surface area contributed by atoms with Crippen molar-refractivity contribution < 1.29 is 14.3 Å². The van der Waals surface area contributed by atoms with Crippen LogP contribution >= 0.6 is 11.3 Å². The third-order valence-electron chi connectivity index (χ3n) is 6.17. The van der Waals surface area contributed by atoms with E-state index in [4.69, 9.17) is 10.5 Å². The number of hydrogen-bond acceptors (Lipinski definition) is 8. The summed E-state index contributed by atoms with van der Waals surface area (Å²) >= 11 is 1.30. The fourth-order valence-corrected chi connectivity index (χ4v) is 4.99. The Balaban J connectivity index is 1.23. The molecule has 38 heavy (non-hydrogen) atoms. The number of rotatable bonds is 8. The van der Waals surface area contributed by atoms with Gasteiger partial charge in [-0.1, -0.05) is 24.8 Å². The van der Waals surface area contributed by atoms with E-state index < -0.39 is 0 Å². The predicted molar refractivity (Wildman–Crippen MR) is 148 cm³/mol. The van der Waals surface area contributed by atoms with Gasteiger partial charge in [0.1, 0.15) is 10.6 Å². The number of nitrogens with zero attached hydrogens (tertiary/aromatic N) is 1. The predicted octanol–water partition coefficient (Wildman–Crippen LogP) is 2.83. The third kappa shape index (κ3) is 5.37. The van der Waals surface area contributed by atoms with E-state index in [-0.39, 0.29) is 30.4 Å². The lowest BCUT2D eigenvalue weighted by Crippen LogP contribution is -2.25. The monoisotopic (exact) mass is 530 g/mol. The molecular formula is C27H26N6O4S. The molecule has 11 heteroatoms. The van der Waals surface area contributed by atoms with Crippen LogP contribution in [0.15, 0.2) is 53.2 Å². The molecule has 0 fully saturated rings. The molecule has 0 saturated carbocycles. The minimum absolute atomic E-state index is 0.000996. The lowest BCUT2D eigenvalue weighted by Gasteiger charge is -2.18. The summed E-state index contributed by atoms with van der Waals surface area (Å²) in [5.41, 5.74) is 10.7. The van der Waals surface area contributed by atoms with E-state index in [0.717, 1.165) is 16.7 Å². The van der Waals surface area contributed by atoms with Crippen molar-refractivity contribution in [2.75, 3.05) is 17.7 Å². The number of ether oxygens (including phenoxy) is 1. The van der Waals surface area contributed by atoms with E-state index in [9.17, 15) is 14.4 Å². The maximum atomic E-state index is 12.9. The highest BCUT2D eigenvalue weighted by molar-refractivity contribution is 7.16. The highest BCUT2D eigenvalue weighted by Gasteiger charge is 2.17. The number of H-pyrrole nitrogens is 1. The second-order valence-corrected chi connectivity index (χ2v) is 9.86. The topological polar surface area (TPSA) is 151 Å². The summed E-state index contributed by atoms with van der Waals surface area (Å²) in [4.78, 5) is 44.9. The van der Waals surface area contributed by atoms with Gasteiger partial charge in [-0.2, -0.15) is 0 Å². The Labute approximate surface area is 221 Å². The quantitative estimate of drug-likeness (QED) is 0.220. The molecule has 5 rings (SSSR count). The van der Waals surface area contributed by atoms with Gasteiger partial charge in [0.15, 0.2) is 12.4 Å². The largest absolute Gasteiger partial charge is 0.482 e. The van der Waals surface area contributed by atoms with E-state index in [1.807, 2.05) is 37.3 Å². The van der Waals surface area contributed by atoms with Gasteiger partial charge >= 0.3 is 0 Å². The van der Waals surface area contributed by atoms with Crippen molar-refractivity contribution >= 4 is 50.4 Å². The molecule has 0 unspecified atom stereocenters. The minimum Gasteiger partial charge on any atom is -0.482 e. The van der Waals surface area contributed by atoms with Gasteiger partial charge in [-0.3, -0.25) is 14.4 Å². The summed E-state index contributed by atoms with van der Waals surface area (Å²) in [6.07, 6.45) is 0.0588. The van der Waals surface area contributed by atoms with E-state index in [0.29, 0.717) is 57.5 Å². The Kier molecular flexibility index (Phi) is 6.84. The zero-order valence-corrected chi connectivity index (χ0v) is 21.5. The van der Waals surface area contributed by atoms with E-state index in [1.54, 1.807) is 11.4 Å². The lowest BCUT2D eigenvalue weighted by molar-refractivity contribution is -0.120. The van der Waals surface area contributed by atoms with Gasteiger partial charge in [-0.15, -0.1) is 11.3 Å². The van der Waals surface area contributed by atoms with Crippen molar-refractivity contribution in [2.24, 2.45) is 0 Å². The number of anilines is 2. The van der Waals surface area contributed by atoms with Crippen LogP contribution in [0.1, 0.15) is 28.1 Å². The average Bonchev–Trinajstić information content (AvgIpc) is 3.30. The number of nitrogens with two attached hydrogens (primary N) is 1. The summed E-state index contributed by atoms with van der Waals surface area (Å²) in [5, 5.41) is 11.0. The molecule has 2 aromatic heterocycles. The number of carbonyl (C=O) groups excluding carboxylic acids is 2. The Morgan fingerprint density at radius 2 is 1.92 bits per heavy atom. The molecule has 2 amide bonds. The second kappa shape index (κ2) is 10.4. The van der Waals surface area contributed by atoms with E-state index >= 15 is 0 Å². The highest BCUT2D eigenvalue weighted by Crippen LogP contribution is 2.28. The summed E-state index contributed by atoms with van der Waals surface area (Å²) in [5.74, 6) is 0.522. The molecule has 0 aliphatic carbocycles. The van der Waals surface area contributed by atoms with Crippen LogP contribution in [0.25, 0.3) is 15.9 Å². The minimum atomic E-state index is -0.336. The van der Waals surface area contributed by atoms with Crippen molar-refractivity contribution in [3.63, 3.8) is 0 Å². The molecule has 3 heterocycles. The van der Waals surface area contributed by atoms with Crippen molar-refractivity contribution in [1.29, 1.82) is 0 Å². The van der Waals surface area contributed by atoms with Gasteiger partial charge in [0.25, 0.3) is 11.5 Å². The van der Waals surface area contributed by atoms with Crippen molar-refractivity contribution in [1.82, 2.24) is 20.6 Å². The Bertz CT molecular complexity index is 1640. The first-order valence-corrected chi connectivity index (χ1v) is 12.8. The van der Waals surface area contributed by atoms with Gasteiger partial charge in [0.2, 0.25) is 5.91 Å². The molecule has 2 aromatic carbocycles. The first kappa shape index (κ1) is 25.0. The summed E-state index contributed by atoms with van der Waals surface area (Å²) < 4.78 is 5.38. The fraction of sp³-hybridized carbons (Fsp3) is 0.185. The SMILES string of the molecule is C=C(NCc1ccc2c(c1)NC(=O)CO2)c1nc2scc(CC(=O)NCc3ccc(C)c(N)c3)c2c(=O)[nH]1. The molecule has 0 spiro atoms. The van der Waals surface area contributed by atoms with Crippen LogP contribution in [0.4, 0.5) is 11.4 Å². The number of nitrogens with one attached hydrogen (secondary N) is 4.